The van der Waals surface area contributed by atoms with Crippen LogP contribution >= 0.6 is 0 Å². The molecule has 1 unspecified atom stereocenters. The standard InChI is InChI=1S/C18H15N5O3/c1-23-8-4-7-14(23)17-21-16(26-22-17)10-19-18(25)12-9-15(24)20-13-6-3-2-5-11(12)13/h2-9,11H,10H2,1H3,(H,19,25). The number of hydrogen-bond acceptors (Lipinski definition) is 5. The van der Waals surface area contributed by atoms with Crippen LogP contribution in [0, 0.1) is 5.92 Å². The van der Waals surface area contributed by atoms with Gasteiger partial charge in [-0.15, -0.1) is 0 Å². The monoisotopic (exact) mass is 349 g/mol. The molecule has 2 amide bonds. The third-order valence-electron chi connectivity index (χ3n) is 4.16. The van der Waals surface area contributed by atoms with E-state index in [9.17, 15) is 9.59 Å². The van der Waals surface area contributed by atoms with Gasteiger partial charge in [0.2, 0.25) is 17.6 Å². The Hall–Kier alpha value is -3.55. The molecule has 0 saturated heterocycles. The second kappa shape index (κ2) is 6.40. The van der Waals surface area contributed by atoms with Crippen molar-refractivity contribution >= 4 is 17.5 Å². The summed E-state index contributed by atoms with van der Waals surface area (Å²) in [6.07, 6.45) is 10.3. The molecule has 0 fully saturated rings. The minimum absolute atomic E-state index is 0.0700. The van der Waals surface area contributed by atoms with E-state index in [1.54, 1.807) is 12.2 Å². The highest BCUT2D eigenvalue weighted by molar-refractivity contribution is 6.18. The van der Waals surface area contributed by atoms with Gasteiger partial charge in [0.15, 0.2) is 0 Å². The lowest BCUT2D eigenvalue weighted by molar-refractivity contribution is -0.119. The Morgan fingerprint density at radius 2 is 2.27 bits per heavy atom. The molecular weight excluding hydrogens is 334 g/mol. The van der Waals surface area contributed by atoms with Crippen LogP contribution in [-0.4, -0.2) is 32.2 Å². The number of fused-ring (bicyclic) bond motifs is 1. The van der Waals surface area contributed by atoms with Gasteiger partial charge in [-0.3, -0.25) is 9.59 Å². The quantitative estimate of drug-likeness (QED) is 0.897. The summed E-state index contributed by atoms with van der Waals surface area (Å²) in [7, 11) is 1.88. The Balaban J connectivity index is 1.45. The van der Waals surface area contributed by atoms with Crippen molar-refractivity contribution in [2.24, 2.45) is 18.0 Å². The predicted octanol–water partition coefficient (Wildman–Crippen LogP) is 1.34. The molecule has 1 atom stereocenters. The van der Waals surface area contributed by atoms with E-state index in [-0.39, 0.29) is 24.3 Å². The maximum Gasteiger partial charge on any atom is 0.270 e. The summed E-state index contributed by atoms with van der Waals surface area (Å²) in [4.78, 5) is 32.5. The lowest BCUT2D eigenvalue weighted by atomic mass is 9.87. The number of aryl methyl sites for hydroxylation is 1. The van der Waals surface area contributed by atoms with E-state index in [0.717, 1.165) is 5.69 Å². The Bertz CT molecular complexity index is 1010. The molecule has 0 aromatic carbocycles. The molecule has 0 saturated carbocycles. The molecule has 8 nitrogen and oxygen atoms in total. The van der Waals surface area contributed by atoms with Crippen LogP contribution in [0.2, 0.25) is 0 Å². The maximum atomic E-state index is 12.5. The highest BCUT2D eigenvalue weighted by atomic mass is 16.5. The second-order valence-electron chi connectivity index (χ2n) is 5.90. The molecule has 0 bridgehead atoms. The molecule has 4 rings (SSSR count). The first kappa shape index (κ1) is 15.9. The third-order valence-corrected chi connectivity index (χ3v) is 4.16. The van der Waals surface area contributed by atoms with Gasteiger partial charge in [-0.25, -0.2) is 4.99 Å². The first-order chi connectivity index (χ1) is 12.6. The zero-order valence-corrected chi connectivity index (χ0v) is 13.9. The normalized spacial score (nSPS) is 18.3. The summed E-state index contributed by atoms with van der Waals surface area (Å²) >= 11 is 0. The fourth-order valence-corrected chi connectivity index (χ4v) is 2.87. The van der Waals surface area contributed by atoms with Crippen molar-refractivity contribution in [2.45, 2.75) is 6.54 Å². The fourth-order valence-electron chi connectivity index (χ4n) is 2.87. The summed E-state index contributed by atoms with van der Waals surface area (Å²) in [6, 6.07) is 3.75. The first-order valence-corrected chi connectivity index (χ1v) is 8.03. The van der Waals surface area contributed by atoms with Gasteiger partial charge < -0.3 is 14.4 Å². The van der Waals surface area contributed by atoms with Gasteiger partial charge in [-0.1, -0.05) is 23.4 Å². The van der Waals surface area contributed by atoms with Crippen molar-refractivity contribution in [1.82, 2.24) is 20.0 Å². The van der Waals surface area contributed by atoms with Crippen LogP contribution in [0.4, 0.5) is 0 Å². The zero-order chi connectivity index (χ0) is 18.1. The van der Waals surface area contributed by atoms with Gasteiger partial charge in [-0.2, -0.15) is 4.98 Å². The lowest BCUT2D eigenvalue weighted by Gasteiger charge is -2.21. The molecule has 1 N–H and O–H groups in total. The van der Waals surface area contributed by atoms with Crippen LogP contribution in [0.5, 0.6) is 0 Å². The van der Waals surface area contributed by atoms with Gasteiger partial charge in [0.05, 0.1) is 23.9 Å². The van der Waals surface area contributed by atoms with Crippen molar-refractivity contribution in [3.8, 4) is 11.5 Å². The van der Waals surface area contributed by atoms with Crippen molar-refractivity contribution in [2.75, 3.05) is 0 Å². The van der Waals surface area contributed by atoms with E-state index in [2.05, 4.69) is 20.4 Å². The molecule has 1 aliphatic carbocycles. The van der Waals surface area contributed by atoms with Crippen molar-refractivity contribution in [3.05, 3.63) is 60.2 Å². The smallest absolute Gasteiger partial charge is 0.270 e. The van der Waals surface area contributed by atoms with Gasteiger partial charge in [0, 0.05) is 24.9 Å². The molecule has 8 heteroatoms. The van der Waals surface area contributed by atoms with E-state index >= 15 is 0 Å². The molecule has 0 radical (unpaired) electrons. The lowest BCUT2D eigenvalue weighted by Crippen LogP contribution is -2.33. The van der Waals surface area contributed by atoms with Crippen LogP contribution < -0.4 is 5.32 Å². The van der Waals surface area contributed by atoms with Crippen LogP contribution in [0.25, 0.3) is 11.5 Å². The Kier molecular flexibility index (Phi) is 3.92. The molecule has 1 aliphatic heterocycles. The summed E-state index contributed by atoms with van der Waals surface area (Å²) in [5.41, 5.74) is 1.73. The Morgan fingerprint density at radius 1 is 1.38 bits per heavy atom. The van der Waals surface area contributed by atoms with Crippen LogP contribution in [0.15, 0.2) is 63.8 Å². The molecule has 3 heterocycles. The molecule has 130 valence electrons. The minimum atomic E-state index is -0.440. The average molecular weight is 349 g/mol. The van der Waals surface area contributed by atoms with E-state index in [1.807, 2.05) is 42.1 Å². The highest BCUT2D eigenvalue weighted by Crippen LogP contribution is 2.23. The first-order valence-electron chi connectivity index (χ1n) is 8.03. The summed E-state index contributed by atoms with van der Waals surface area (Å²) in [5.74, 6) is -0.396. The van der Waals surface area contributed by atoms with Crippen LogP contribution in [0.1, 0.15) is 5.89 Å². The number of amides is 2. The van der Waals surface area contributed by atoms with Gasteiger partial charge in [0.1, 0.15) is 0 Å². The highest BCUT2D eigenvalue weighted by Gasteiger charge is 2.28. The largest absolute Gasteiger partial charge is 0.348 e. The molecular formula is C18H15N5O3. The Labute approximate surface area is 148 Å². The van der Waals surface area contributed by atoms with Gasteiger partial charge in [0.25, 0.3) is 5.91 Å². The van der Waals surface area contributed by atoms with Crippen molar-refractivity contribution in [1.29, 1.82) is 0 Å². The van der Waals surface area contributed by atoms with Crippen LogP contribution in [-0.2, 0) is 23.2 Å². The van der Waals surface area contributed by atoms with E-state index < -0.39 is 5.91 Å². The number of allylic oxidation sites excluding steroid dienone is 4. The number of aromatic nitrogens is 3. The summed E-state index contributed by atoms with van der Waals surface area (Å²) in [6.45, 7) is 0.0700. The average Bonchev–Trinajstić information content (AvgIpc) is 3.27. The number of hydrogen-bond donors (Lipinski definition) is 1. The number of rotatable bonds is 4. The molecule has 0 spiro atoms. The van der Waals surface area contributed by atoms with E-state index in [0.29, 0.717) is 17.1 Å². The summed E-state index contributed by atoms with van der Waals surface area (Å²) in [5, 5.41) is 6.64. The van der Waals surface area contributed by atoms with Crippen LogP contribution in [0.3, 0.4) is 0 Å². The van der Waals surface area contributed by atoms with Gasteiger partial charge in [-0.05, 0) is 18.2 Å². The summed E-state index contributed by atoms with van der Waals surface area (Å²) < 4.78 is 7.05. The number of aliphatic imine (C=N–C) groups is 1. The number of dihydropyridines is 1. The topological polar surface area (TPSA) is 102 Å². The SMILES string of the molecule is Cn1cccc1-c1noc(CNC(=O)C2=CC(=O)N=C3C=CC=CC23)n1. The number of carbonyl (C=O) groups is 2. The molecule has 2 aromatic rings. The number of nitrogens with zero attached hydrogens (tertiary/aromatic N) is 4. The molecule has 2 aliphatic rings. The fraction of sp³-hybridized carbons (Fsp3) is 0.167. The Morgan fingerprint density at radius 3 is 3.08 bits per heavy atom. The number of carbonyl (C=O) groups excluding carboxylic acids is 2. The minimum Gasteiger partial charge on any atom is -0.348 e. The second-order valence-corrected chi connectivity index (χ2v) is 5.90. The van der Waals surface area contributed by atoms with E-state index in [1.165, 1.54) is 6.08 Å². The van der Waals surface area contributed by atoms with Crippen molar-refractivity contribution in [3.63, 3.8) is 0 Å². The van der Waals surface area contributed by atoms with E-state index in [4.69, 9.17) is 4.52 Å². The number of nitrogens with one attached hydrogen (secondary N) is 1. The van der Waals surface area contributed by atoms with Crippen molar-refractivity contribution < 1.29 is 14.1 Å². The predicted molar refractivity (Wildman–Crippen MR) is 92.8 cm³/mol. The van der Waals surface area contributed by atoms with Gasteiger partial charge >= 0.3 is 0 Å². The third kappa shape index (κ3) is 2.92. The zero-order valence-electron chi connectivity index (χ0n) is 13.9. The molecule has 26 heavy (non-hydrogen) atoms. The molecule has 2 aromatic heterocycles. The maximum absolute atomic E-state index is 12.5.